The number of methoxy groups -OCH3 is 1. The molecule has 0 amide bonds. The first kappa shape index (κ1) is 18.5. The third kappa shape index (κ3) is 4.37. The van der Waals surface area contributed by atoms with E-state index in [1.165, 1.54) is 22.3 Å². The standard InChI is InChI=1S/C16H24N2O.2ClH.Ru/c1-13-9-14(2)16(15(3)10-13)11-18-6-5-17(12-18)7-8-19-4;;;/h9-10H,5-8,11H2,1-4H3;2*1H;/q;;;+2/p-2. The average Bonchev–Trinajstić information content (AvgIpc) is 2.83. The molecule has 0 atom stereocenters. The van der Waals surface area contributed by atoms with E-state index in [9.17, 15) is 0 Å². The van der Waals surface area contributed by atoms with E-state index in [0.29, 0.717) is 6.61 Å². The zero-order valence-electron chi connectivity index (χ0n) is 13.6. The molecule has 6 heteroatoms. The second-order valence-corrected chi connectivity index (χ2v) is 11.4. The minimum absolute atomic E-state index is 0.704. The van der Waals surface area contributed by atoms with E-state index in [0.717, 1.165) is 30.5 Å². The zero-order valence-corrected chi connectivity index (χ0v) is 16.9. The summed E-state index contributed by atoms with van der Waals surface area (Å²) in [4.78, 5) is 4.65. The minimum atomic E-state index is -1.95. The summed E-state index contributed by atoms with van der Waals surface area (Å²) < 4.78 is 6.34. The van der Waals surface area contributed by atoms with E-state index in [-0.39, 0.29) is 0 Å². The Morgan fingerprint density at radius 1 is 1.09 bits per heavy atom. The number of aryl methyl sites for hydroxylation is 3. The van der Waals surface area contributed by atoms with Crippen molar-refractivity contribution in [1.82, 2.24) is 9.80 Å². The van der Waals surface area contributed by atoms with Crippen LogP contribution in [0.3, 0.4) is 0 Å². The summed E-state index contributed by atoms with van der Waals surface area (Å²) in [6.07, 6.45) is 0. The Bertz CT molecular complexity index is 550. The van der Waals surface area contributed by atoms with Gasteiger partial charge in [0.15, 0.2) is 0 Å². The molecule has 0 N–H and O–H groups in total. The Morgan fingerprint density at radius 3 is 2.23 bits per heavy atom. The average molecular weight is 432 g/mol. The van der Waals surface area contributed by atoms with Crippen LogP contribution < -0.4 is 0 Å². The van der Waals surface area contributed by atoms with Crippen LogP contribution in [0.4, 0.5) is 0 Å². The maximum atomic E-state index is 6.37. The van der Waals surface area contributed by atoms with Crippen molar-refractivity contribution in [3.8, 4) is 0 Å². The summed E-state index contributed by atoms with van der Waals surface area (Å²) >= 11 is -1.95. The normalized spacial score (nSPS) is 17.4. The van der Waals surface area contributed by atoms with Crippen LogP contribution in [0.15, 0.2) is 12.1 Å². The molecule has 1 aromatic rings. The zero-order chi connectivity index (χ0) is 16.3. The molecule has 1 saturated heterocycles. The van der Waals surface area contributed by atoms with Crippen LogP contribution in [0.1, 0.15) is 22.3 Å². The molecule has 1 aliphatic heterocycles. The molecule has 3 nitrogen and oxygen atoms in total. The first-order valence-corrected chi connectivity index (χ1v) is 12.7. The molecule has 0 unspecified atom stereocenters. The SMILES string of the molecule is COCCN1CCN(Cc2c(C)cc(C)cc2C)[C]1=[Ru]([Cl])[Cl]. The van der Waals surface area contributed by atoms with Crippen molar-refractivity contribution >= 4 is 23.7 Å². The third-order valence-corrected chi connectivity index (χ3v) is 7.12. The van der Waals surface area contributed by atoms with Gasteiger partial charge in [0.1, 0.15) is 0 Å². The molecule has 0 saturated carbocycles. The Balaban J connectivity index is 2.21. The Hall–Kier alpha value is 0.173. The fourth-order valence-electron chi connectivity index (χ4n) is 2.98. The molecule has 22 heavy (non-hydrogen) atoms. The topological polar surface area (TPSA) is 15.7 Å². The quantitative estimate of drug-likeness (QED) is 0.664. The van der Waals surface area contributed by atoms with Gasteiger partial charge in [0.25, 0.3) is 0 Å². The predicted octanol–water partition coefficient (Wildman–Crippen LogP) is 3.39. The van der Waals surface area contributed by atoms with Gasteiger partial charge in [-0.15, -0.1) is 0 Å². The van der Waals surface area contributed by atoms with Crippen LogP contribution in [0.5, 0.6) is 0 Å². The van der Waals surface area contributed by atoms with Gasteiger partial charge in [-0.3, -0.25) is 0 Å². The molecule has 0 aliphatic carbocycles. The molecule has 0 radical (unpaired) electrons. The number of halogens is 2. The van der Waals surface area contributed by atoms with E-state index < -0.39 is 13.5 Å². The van der Waals surface area contributed by atoms with Crippen molar-refractivity contribution in [2.75, 3.05) is 33.4 Å². The number of hydrogen-bond donors (Lipinski definition) is 0. The Morgan fingerprint density at radius 2 is 1.68 bits per heavy atom. The monoisotopic (exact) mass is 432 g/mol. The molecular weight excluding hydrogens is 408 g/mol. The number of hydrogen-bond acceptors (Lipinski definition) is 3. The fourth-order valence-corrected chi connectivity index (χ4v) is 6.54. The molecule has 1 heterocycles. The fraction of sp³-hybridized carbons (Fsp3) is 0.562. The van der Waals surface area contributed by atoms with E-state index in [2.05, 4.69) is 42.7 Å². The van der Waals surface area contributed by atoms with Crippen molar-refractivity contribution in [2.24, 2.45) is 0 Å². The first-order chi connectivity index (χ1) is 10.4. The summed E-state index contributed by atoms with van der Waals surface area (Å²) in [5.74, 6) is 0. The summed E-state index contributed by atoms with van der Waals surface area (Å²) in [6, 6.07) is 4.49. The third-order valence-electron chi connectivity index (χ3n) is 4.02. The molecule has 1 aliphatic rings. The maximum absolute atomic E-state index is 6.37. The van der Waals surface area contributed by atoms with Crippen molar-refractivity contribution in [1.29, 1.82) is 0 Å². The number of benzene rings is 1. The van der Waals surface area contributed by atoms with E-state index in [1.807, 2.05) is 0 Å². The van der Waals surface area contributed by atoms with Crippen LogP contribution >= 0.6 is 19.4 Å². The second kappa shape index (κ2) is 8.32. The van der Waals surface area contributed by atoms with Crippen molar-refractivity contribution < 1.29 is 18.3 Å². The van der Waals surface area contributed by atoms with Crippen LogP contribution in [-0.4, -0.2) is 47.5 Å². The van der Waals surface area contributed by atoms with Gasteiger partial charge in [-0.05, 0) is 0 Å². The van der Waals surface area contributed by atoms with Gasteiger partial charge >= 0.3 is 147 Å². The molecule has 1 fully saturated rings. The van der Waals surface area contributed by atoms with Gasteiger partial charge in [-0.25, -0.2) is 0 Å². The van der Waals surface area contributed by atoms with Crippen LogP contribution in [-0.2, 0) is 24.8 Å². The van der Waals surface area contributed by atoms with Crippen molar-refractivity contribution in [3.05, 3.63) is 34.4 Å². The van der Waals surface area contributed by atoms with Crippen LogP contribution in [0.25, 0.3) is 0 Å². The van der Waals surface area contributed by atoms with Gasteiger partial charge in [0, 0.05) is 0 Å². The van der Waals surface area contributed by atoms with Crippen molar-refractivity contribution in [3.63, 3.8) is 0 Å². The Labute approximate surface area is 146 Å². The summed E-state index contributed by atoms with van der Waals surface area (Å²) in [6.45, 7) is 10.9. The molecular formula is C16H24Cl2N2ORu. The summed E-state index contributed by atoms with van der Waals surface area (Å²) in [5.41, 5.74) is 5.39. The molecule has 2 rings (SSSR count). The molecule has 0 bridgehead atoms. The number of rotatable bonds is 5. The van der Waals surface area contributed by atoms with Crippen LogP contribution in [0.2, 0.25) is 0 Å². The molecule has 126 valence electrons. The van der Waals surface area contributed by atoms with Crippen molar-refractivity contribution in [2.45, 2.75) is 27.3 Å². The van der Waals surface area contributed by atoms with Gasteiger partial charge < -0.3 is 0 Å². The predicted molar refractivity (Wildman–Crippen MR) is 91.2 cm³/mol. The van der Waals surface area contributed by atoms with E-state index in [4.69, 9.17) is 24.1 Å². The van der Waals surface area contributed by atoms with Gasteiger partial charge in [-0.1, -0.05) is 0 Å². The summed E-state index contributed by atoms with van der Waals surface area (Å²) in [5, 5.41) is 0. The Kier molecular flexibility index (Phi) is 7.00. The van der Waals surface area contributed by atoms with Gasteiger partial charge in [0.2, 0.25) is 0 Å². The second-order valence-electron chi connectivity index (χ2n) is 5.72. The van der Waals surface area contributed by atoms with Gasteiger partial charge in [0.05, 0.1) is 0 Å². The molecule has 0 spiro atoms. The number of ether oxygens (including phenoxy) is 1. The van der Waals surface area contributed by atoms with Crippen LogP contribution in [0, 0.1) is 20.8 Å². The van der Waals surface area contributed by atoms with E-state index in [1.54, 1.807) is 7.11 Å². The number of nitrogens with zero attached hydrogens (tertiary/aromatic N) is 2. The molecule has 0 aromatic heterocycles. The van der Waals surface area contributed by atoms with E-state index >= 15 is 0 Å². The first-order valence-electron chi connectivity index (χ1n) is 7.36. The summed E-state index contributed by atoms with van der Waals surface area (Å²) in [7, 11) is 14.5. The van der Waals surface area contributed by atoms with Gasteiger partial charge in [-0.2, -0.15) is 0 Å². The molecule has 1 aromatic carbocycles.